The molecular weight excluding hydrogens is 456 g/mol. The number of carbonyl (C=O) groups excluding carboxylic acids is 2. The van der Waals surface area contributed by atoms with Gasteiger partial charge in [0, 0.05) is 12.8 Å². The maximum Gasteiger partial charge on any atom is 0.415 e. The van der Waals surface area contributed by atoms with Crippen LogP contribution in [0, 0.1) is 0 Å². The summed E-state index contributed by atoms with van der Waals surface area (Å²) in [4.78, 5) is 36.8. The number of hydrogen-bond donors (Lipinski definition) is 0. The molecule has 0 spiro atoms. The molecule has 0 bridgehead atoms. The van der Waals surface area contributed by atoms with E-state index < -0.39 is 0 Å². The largest absolute Gasteiger partial charge is 0.449 e. The molecule has 2 aliphatic heterocycles. The first-order chi connectivity index (χ1) is 17.7. The highest BCUT2D eigenvalue weighted by Gasteiger charge is 2.25. The maximum absolute atomic E-state index is 12.2. The van der Waals surface area contributed by atoms with E-state index in [1.54, 1.807) is 9.80 Å². The van der Waals surface area contributed by atoms with Crippen molar-refractivity contribution < 1.29 is 19.1 Å². The van der Waals surface area contributed by atoms with Crippen LogP contribution < -0.4 is 0 Å². The third-order valence-electron chi connectivity index (χ3n) is 6.80. The molecule has 0 saturated carbocycles. The molecule has 8 nitrogen and oxygen atoms in total. The Morgan fingerprint density at radius 2 is 0.972 bits per heavy atom. The smallest absolute Gasteiger partial charge is 0.415 e. The summed E-state index contributed by atoms with van der Waals surface area (Å²) in [5, 5.41) is 0. The lowest BCUT2D eigenvalue weighted by molar-refractivity contribution is 0.122. The Morgan fingerprint density at radius 1 is 0.611 bits per heavy atom. The van der Waals surface area contributed by atoms with E-state index in [0.717, 1.165) is 63.0 Å². The van der Waals surface area contributed by atoms with Gasteiger partial charge in [-0.15, -0.1) is 0 Å². The molecule has 0 saturated heterocycles. The minimum atomic E-state index is -0.224. The third-order valence-corrected chi connectivity index (χ3v) is 6.80. The number of nitrogens with zero attached hydrogens (tertiary/aromatic N) is 4. The van der Waals surface area contributed by atoms with Crippen LogP contribution in [0.25, 0.3) is 0 Å². The molecule has 0 aromatic heterocycles. The van der Waals surface area contributed by atoms with Gasteiger partial charge in [-0.1, -0.05) is 78.1 Å². The molecule has 0 atom stereocenters. The van der Waals surface area contributed by atoms with Gasteiger partial charge in [-0.2, -0.15) is 0 Å². The van der Waals surface area contributed by atoms with E-state index >= 15 is 0 Å². The van der Waals surface area contributed by atoms with Crippen molar-refractivity contribution >= 4 is 23.9 Å². The molecule has 2 amide bonds. The first-order valence-electron chi connectivity index (χ1n) is 14.6. The van der Waals surface area contributed by atoms with Gasteiger partial charge >= 0.3 is 12.2 Å². The van der Waals surface area contributed by atoms with Crippen molar-refractivity contribution in [3.05, 3.63) is 0 Å². The summed E-state index contributed by atoms with van der Waals surface area (Å²) in [5.74, 6) is 1.83. The van der Waals surface area contributed by atoms with Crippen molar-refractivity contribution in [2.45, 2.75) is 117 Å². The predicted molar refractivity (Wildman–Crippen MR) is 146 cm³/mol. The molecule has 36 heavy (non-hydrogen) atoms. The van der Waals surface area contributed by atoms with E-state index in [2.05, 4.69) is 23.8 Å². The van der Waals surface area contributed by atoms with Crippen LogP contribution in [-0.2, 0) is 9.47 Å². The SMILES string of the molecule is CCCCOC(=O)N1CCN=C1CCCCCCCCCCCCC1=NCCN1C(=O)OCCCC. The van der Waals surface area contributed by atoms with Gasteiger partial charge in [0.05, 0.1) is 39.4 Å². The van der Waals surface area contributed by atoms with Gasteiger partial charge in [-0.25, -0.2) is 9.59 Å². The lowest BCUT2D eigenvalue weighted by atomic mass is 10.0. The van der Waals surface area contributed by atoms with E-state index in [1.165, 1.54) is 51.4 Å². The summed E-state index contributed by atoms with van der Waals surface area (Å²) < 4.78 is 10.7. The Kier molecular flexibility index (Phi) is 15.9. The Bertz CT molecular complexity index is 637. The van der Waals surface area contributed by atoms with Crippen LogP contribution in [0.2, 0.25) is 0 Å². The molecule has 2 aliphatic rings. The fraction of sp³-hybridized carbons (Fsp3) is 0.857. The van der Waals surface area contributed by atoms with Gasteiger partial charge in [0.25, 0.3) is 0 Å². The second kappa shape index (κ2) is 19.1. The van der Waals surface area contributed by atoms with Crippen LogP contribution in [0.5, 0.6) is 0 Å². The first kappa shape index (κ1) is 30.1. The molecule has 0 radical (unpaired) electrons. The summed E-state index contributed by atoms with van der Waals surface area (Å²) in [6.07, 6.45) is 17.4. The van der Waals surface area contributed by atoms with Crippen molar-refractivity contribution in [2.24, 2.45) is 9.98 Å². The first-order valence-corrected chi connectivity index (χ1v) is 14.6. The molecule has 0 aliphatic carbocycles. The summed E-state index contributed by atoms with van der Waals surface area (Å²) in [5.41, 5.74) is 0. The molecule has 0 unspecified atom stereocenters. The van der Waals surface area contributed by atoms with E-state index in [1.807, 2.05) is 0 Å². The van der Waals surface area contributed by atoms with Gasteiger partial charge in [0.15, 0.2) is 0 Å². The number of amides is 2. The third kappa shape index (κ3) is 11.7. The highest BCUT2D eigenvalue weighted by molar-refractivity contribution is 5.97. The van der Waals surface area contributed by atoms with Gasteiger partial charge in [-0.3, -0.25) is 19.8 Å². The lowest BCUT2D eigenvalue weighted by Crippen LogP contribution is -2.35. The number of amidine groups is 2. The zero-order valence-corrected chi connectivity index (χ0v) is 23.0. The van der Waals surface area contributed by atoms with Crippen molar-refractivity contribution in [2.75, 3.05) is 39.4 Å². The zero-order chi connectivity index (χ0) is 25.8. The van der Waals surface area contributed by atoms with Gasteiger partial charge in [0.2, 0.25) is 0 Å². The van der Waals surface area contributed by atoms with Gasteiger partial charge < -0.3 is 9.47 Å². The summed E-state index contributed by atoms with van der Waals surface area (Å²) in [7, 11) is 0. The lowest BCUT2D eigenvalue weighted by Gasteiger charge is -2.18. The van der Waals surface area contributed by atoms with Crippen molar-refractivity contribution in [1.29, 1.82) is 0 Å². The monoisotopic (exact) mass is 506 g/mol. The molecular formula is C28H50N4O4. The molecule has 0 N–H and O–H groups in total. The van der Waals surface area contributed by atoms with Crippen LogP contribution in [0.4, 0.5) is 9.59 Å². The molecule has 0 aromatic carbocycles. The highest BCUT2D eigenvalue weighted by atomic mass is 16.6. The maximum atomic E-state index is 12.2. The summed E-state index contributed by atoms with van der Waals surface area (Å²) in [6, 6.07) is 0. The quantitative estimate of drug-likeness (QED) is 0.177. The van der Waals surface area contributed by atoms with Crippen LogP contribution in [-0.4, -0.2) is 73.1 Å². The topological polar surface area (TPSA) is 83.8 Å². The minimum Gasteiger partial charge on any atom is -0.449 e. The Balaban J connectivity index is 1.41. The molecule has 2 heterocycles. The fourth-order valence-corrected chi connectivity index (χ4v) is 4.55. The van der Waals surface area contributed by atoms with E-state index in [-0.39, 0.29) is 12.2 Å². The highest BCUT2D eigenvalue weighted by Crippen LogP contribution is 2.16. The van der Waals surface area contributed by atoms with Crippen molar-refractivity contribution in [3.8, 4) is 0 Å². The van der Waals surface area contributed by atoms with Gasteiger partial charge in [-0.05, 0) is 25.7 Å². The second-order valence-electron chi connectivity index (χ2n) is 9.87. The normalized spacial score (nSPS) is 15.3. The zero-order valence-electron chi connectivity index (χ0n) is 23.0. The van der Waals surface area contributed by atoms with E-state index in [4.69, 9.17) is 9.47 Å². The standard InChI is InChI=1S/C28H50N4O4/c1-3-5-23-35-27(33)31-21-19-29-25(31)17-15-13-11-9-7-8-10-12-14-16-18-26-30-20-22-32(26)28(34)36-24-6-4-2/h3-24H2,1-2H3. The summed E-state index contributed by atoms with van der Waals surface area (Å²) in [6.45, 7) is 7.93. The number of carbonyl (C=O) groups is 2. The Hall–Kier alpha value is -2.12. The summed E-state index contributed by atoms with van der Waals surface area (Å²) >= 11 is 0. The fourth-order valence-electron chi connectivity index (χ4n) is 4.55. The average molecular weight is 507 g/mol. The molecule has 0 aromatic rings. The number of unbranched alkanes of at least 4 members (excludes halogenated alkanes) is 11. The number of aliphatic imine (C=N–C) groups is 2. The average Bonchev–Trinajstić information content (AvgIpc) is 3.54. The second-order valence-corrected chi connectivity index (χ2v) is 9.87. The molecule has 0 fully saturated rings. The van der Waals surface area contributed by atoms with Crippen LogP contribution in [0.3, 0.4) is 0 Å². The van der Waals surface area contributed by atoms with Gasteiger partial charge in [0.1, 0.15) is 11.7 Å². The number of hydrogen-bond acceptors (Lipinski definition) is 6. The van der Waals surface area contributed by atoms with E-state index in [0.29, 0.717) is 39.4 Å². The van der Waals surface area contributed by atoms with Crippen molar-refractivity contribution in [3.63, 3.8) is 0 Å². The number of ether oxygens (including phenoxy) is 2. The Morgan fingerprint density at radius 3 is 1.33 bits per heavy atom. The Labute approximate surface area is 218 Å². The minimum absolute atomic E-state index is 0.224. The van der Waals surface area contributed by atoms with Crippen LogP contribution in [0.15, 0.2) is 9.98 Å². The molecule has 2 rings (SSSR count). The van der Waals surface area contributed by atoms with Crippen molar-refractivity contribution in [1.82, 2.24) is 9.80 Å². The predicted octanol–water partition coefficient (Wildman–Crippen LogP) is 6.97. The molecule has 8 heteroatoms. The van der Waals surface area contributed by atoms with Crippen LogP contribution >= 0.6 is 0 Å². The molecule has 206 valence electrons. The van der Waals surface area contributed by atoms with Crippen LogP contribution in [0.1, 0.15) is 117 Å². The number of rotatable bonds is 19. The van der Waals surface area contributed by atoms with E-state index in [9.17, 15) is 9.59 Å².